The van der Waals surface area contributed by atoms with Crippen LogP contribution in [-0.4, -0.2) is 30.8 Å². The molecule has 0 radical (unpaired) electrons. The Morgan fingerprint density at radius 2 is 1.82 bits per heavy atom. The van der Waals surface area contributed by atoms with Crippen molar-refractivity contribution < 1.29 is 9.90 Å². The largest absolute Gasteiger partial charge is 0.478 e. The Morgan fingerprint density at radius 3 is 2.55 bits per heavy atom. The predicted octanol–water partition coefficient (Wildman–Crippen LogP) is 4.89. The van der Waals surface area contributed by atoms with Gasteiger partial charge in [0.25, 0.3) is 5.56 Å². The number of carbonyl (C=O) groups is 1. The second-order valence-electron chi connectivity index (χ2n) is 8.77. The van der Waals surface area contributed by atoms with Crippen LogP contribution in [-0.2, 0) is 6.54 Å². The summed E-state index contributed by atoms with van der Waals surface area (Å²) >= 11 is 0. The fourth-order valence-corrected chi connectivity index (χ4v) is 4.92. The number of hydrogen-bond donors (Lipinski definition) is 2. The third kappa shape index (κ3) is 3.95. The van der Waals surface area contributed by atoms with E-state index in [1.165, 1.54) is 19.3 Å². The molecular formula is C26H26N4O3. The molecule has 168 valence electrons. The number of aromatic carboxylic acids is 1. The third-order valence-corrected chi connectivity index (χ3v) is 6.61. The second kappa shape index (κ2) is 8.65. The number of nitrogens with one attached hydrogen (secondary N) is 1. The van der Waals surface area contributed by atoms with Crippen molar-refractivity contribution in [1.82, 2.24) is 19.7 Å². The van der Waals surface area contributed by atoms with Gasteiger partial charge in [-0.3, -0.25) is 4.79 Å². The highest BCUT2D eigenvalue weighted by Gasteiger charge is 2.25. The Hall–Kier alpha value is -3.74. The molecule has 7 nitrogen and oxygen atoms in total. The first kappa shape index (κ1) is 21.1. The maximum Gasteiger partial charge on any atom is 0.336 e. The Morgan fingerprint density at radius 1 is 1.09 bits per heavy atom. The van der Waals surface area contributed by atoms with Crippen molar-refractivity contribution in [3.05, 3.63) is 81.5 Å². The molecule has 4 aromatic rings. The van der Waals surface area contributed by atoms with Crippen molar-refractivity contribution in [3.63, 3.8) is 0 Å². The Labute approximate surface area is 191 Å². The number of carboxylic acid groups (broad SMARTS) is 1. The molecule has 0 unspecified atom stereocenters. The molecule has 2 N–H and O–H groups in total. The van der Waals surface area contributed by atoms with Crippen LogP contribution in [0.15, 0.2) is 53.3 Å². The first-order valence-electron chi connectivity index (χ1n) is 11.4. The number of aromatic amines is 1. The van der Waals surface area contributed by atoms with E-state index in [4.69, 9.17) is 4.98 Å². The van der Waals surface area contributed by atoms with E-state index in [2.05, 4.69) is 14.8 Å². The number of carboxylic acids is 1. The average Bonchev–Trinajstić information content (AvgIpc) is 3.23. The van der Waals surface area contributed by atoms with Crippen LogP contribution in [0.2, 0.25) is 0 Å². The predicted molar refractivity (Wildman–Crippen MR) is 127 cm³/mol. The van der Waals surface area contributed by atoms with Gasteiger partial charge in [0, 0.05) is 12.5 Å². The van der Waals surface area contributed by atoms with Gasteiger partial charge in [-0.25, -0.2) is 14.9 Å². The normalized spacial score (nSPS) is 14.6. The van der Waals surface area contributed by atoms with Crippen LogP contribution >= 0.6 is 0 Å². The van der Waals surface area contributed by atoms with Crippen molar-refractivity contribution in [2.45, 2.75) is 51.5 Å². The van der Waals surface area contributed by atoms with Gasteiger partial charge in [0.1, 0.15) is 16.9 Å². The lowest BCUT2D eigenvalue weighted by Crippen LogP contribution is -2.17. The summed E-state index contributed by atoms with van der Waals surface area (Å²) in [5, 5.41) is 16.2. The van der Waals surface area contributed by atoms with Crippen LogP contribution in [0.5, 0.6) is 0 Å². The molecule has 2 aromatic carbocycles. The van der Waals surface area contributed by atoms with Crippen molar-refractivity contribution in [2.75, 3.05) is 0 Å². The van der Waals surface area contributed by atoms with E-state index in [9.17, 15) is 14.7 Å². The monoisotopic (exact) mass is 442 g/mol. The SMILES string of the molecule is Cc1n[nH]c(=O)c2c1nc(C1CCCCC1)n2Cc1ccc(-c2ccccc2C(=O)O)cc1. The molecule has 1 aliphatic carbocycles. The highest BCUT2D eigenvalue weighted by atomic mass is 16.4. The summed E-state index contributed by atoms with van der Waals surface area (Å²) in [6, 6.07) is 14.9. The lowest BCUT2D eigenvalue weighted by Gasteiger charge is -2.22. The highest BCUT2D eigenvalue weighted by Crippen LogP contribution is 2.34. The zero-order chi connectivity index (χ0) is 22.9. The molecule has 33 heavy (non-hydrogen) atoms. The van der Waals surface area contributed by atoms with E-state index in [-0.39, 0.29) is 11.1 Å². The molecule has 1 aliphatic rings. The van der Waals surface area contributed by atoms with Gasteiger partial charge in [0.15, 0.2) is 0 Å². The van der Waals surface area contributed by atoms with E-state index in [0.29, 0.717) is 29.1 Å². The lowest BCUT2D eigenvalue weighted by molar-refractivity contribution is 0.0697. The Kier molecular flexibility index (Phi) is 5.54. The van der Waals surface area contributed by atoms with Crippen molar-refractivity contribution in [3.8, 4) is 11.1 Å². The van der Waals surface area contributed by atoms with Crippen LogP contribution in [0.25, 0.3) is 22.2 Å². The minimum atomic E-state index is -0.945. The van der Waals surface area contributed by atoms with Gasteiger partial charge in [-0.1, -0.05) is 61.7 Å². The molecule has 2 heterocycles. The van der Waals surface area contributed by atoms with Gasteiger partial charge >= 0.3 is 5.97 Å². The minimum Gasteiger partial charge on any atom is -0.478 e. The summed E-state index contributed by atoms with van der Waals surface area (Å²) in [5.41, 5.74) is 4.58. The van der Waals surface area contributed by atoms with Crippen LogP contribution in [0.4, 0.5) is 0 Å². The summed E-state index contributed by atoms with van der Waals surface area (Å²) in [5.74, 6) is 0.359. The van der Waals surface area contributed by atoms with Gasteiger partial charge in [-0.15, -0.1) is 0 Å². The quantitative estimate of drug-likeness (QED) is 0.458. The number of aryl methyl sites for hydroxylation is 1. The molecule has 0 bridgehead atoms. The van der Waals surface area contributed by atoms with Gasteiger partial charge in [-0.05, 0) is 42.5 Å². The van der Waals surface area contributed by atoms with Crippen LogP contribution < -0.4 is 5.56 Å². The number of rotatable bonds is 5. The molecule has 1 fully saturated rings. The van der Waals surface area contributed by atoms with E-state index in [1.807, 2.05) is 43.3 Å². The number of nitrogens with zero attached hydrogens (tertiary/aromatic N) is 3. The summed E-state index contributed by atoms with van der Waals surface area (Å²) in [4.78, 5) is 29.2. The lowest BCUT2D eigenvalue weighted by atomic mass is 9.88. The van der Waals surface area contributed by atoms with Gasteiger partial charge in [0.2, 0.25) is 0 Å². The smallest absolute Gasteiger partial charge is 0.336 e. The minimum absolute atomic E-state index is 0.225. The molecule has 0 saturated heterocycles. The maximum atomic E-state index is 12.7. The third-order valence-electron chi connectivity index (χ3n) is 6.61. The topological polar surface area (TPSA) is 101 Å². The summed E-state index contributed by atoms with van der Waals surface area (Å²) in [7, 11) is 0. The molecule has 7 heteroatoms. The first-order chi connectivity index (χ1) is 16.0. The number of imidazole rings is 1. The Balaban J connectivity index is 1.55. The van der Waals surface area contributed by atoms with E-state index in [0.717, 1.165) is 35.5 Å². The van der Waals surface area contributed by atoms with E-state index >= 15 is 0 Å². The molecule has 0 spiro atoms. The maximum absolute atomic E-state index is 12.7. The first-order valence-corrected chi connectivity index (χ1v) is 11.4. The number of aromatic nitrogens is 4. The van der Waals surface area contributed by atoms with E-state index in [1.54, 1.807) is 12.1 Å². The molecule has 5 rings (SSSR count). The van der Waals surface area contributed by atoms with Crippen LogP contribution in [0, 0.1) is 6.92 Å². The molecule has 1 saturated carbocycles. The summed E-state index contributed by atoms with van der Waals surface area (Å²) in [6.45, 7) is 2.39. The molecule has 2 aromatic heterocycles. The standard InChI is InChI=1S/C26H26N4O3/c1-16-22-23(25(31)29-28-16)30(24(27-22)19-7-3-2-4-8-19)15-17-11-13-18(14-12-17)20-9-5-6-10-21(20)26(32)33/h5-6,9-14,19H,2-4,7-8,15H2,1H3,(H,29,31)(H,32,33). The van der Waals surface area contributed by atoms with Gasteiger partial charge in [-0.2, -0.15) is 5.10 Å². The molecular weight excluding hydrogens is 416 g/mol. The number of H-pyrrole nitrogens is 1. The zero-order valence-corrected chi connectivity index (χ0v) is 18.5. The summed E-state index contributed by atoms with van der Waals surface area (Å²) in [6.07, 6.45) is 5.77. The van der Waals surface area contributed by atoms with Crippen molar-refractivity contribution >= 4 is 17.0 Å². The van der Waals surface area contributed by atoms with Gasteiger partial charge in [0.05, 0.1) is 11.3 Å². The zero-order valence-electron chi connectivity index (χ0n) is 18.5. The highest BCUT2D eigenvalue weighted by molar-refractivity contribution is 5.96. The second-order valence-corrected chi connectivity index (χ2v) is 8.77. The average molecular weight is 443 g/mol. The summed E-state index contributed by atoms with van der Waals surface area (Å²) < 4.78 is 2.05. The number of hydrogen-bond acceptors (Lipinski definition) is 4. The van der Waals surface area contributed by atoms with Gasteiger partial charge < -0.3 is 9.67 Å². The van der Waals surface area contributed by atoms with Crippen molar-refractivity contribution in [1.29, 1.82) is 0 Å². The number of benzene rings is 2. The Bertz CT molecular complexity index is 1380. The molecule has 0 aliphatic heterocycles. The molecule has 0 amide bonds. The van der Waals surface area contributed by atoms with Crippen LogP contribution in [0.1, 0.15) is 65.5 Å². The van der Waals surface area contributed by atoms with Crippen molar-refractivity contribution in [2.24, 2.45) is 0 Å². The molecule has 0 atom stereocenters. The van der Waals surface area contributed by atoms with Crippen LogP contribution in [0.3, 0.4) is 0 Å². The fourth-order valence-electron chi connectivity index (χ4n) is 4.92. The number of fused-ring (bicyclic) bond motifs is 1. The van der Waals surface area contributed by atoms with E-state index < -0.39 is 5.97 Å². The fraction of sp³-hybridized carbons (Fsp3) is 0.308.